The van der Waals surface area contributed by atoms with Crippen molar-refractivity contribution in [2.45, 2.75) is 46.0 Å². The molecule has 1 aromatic rings. The molecule has 1 aliphatic rings. The maximum absolute atomic E-state index is 12.8. The quantitative estimate of drug-likeness (QED) is 0.916. The van der Waals surface area contributed by atoms with E-state index in [1.165, 1.54) is 24.8 Å². The van der Waals surface area contributed by atoms with Gasteiger partial charge in [0.15, 0.2) is 0 Å². The first-order valence-corrected chi connectivity index (χ1v) is 7.72. The number of carbonyl (C=O) groups excluding carboxylic acids is 1. The number of benzene rings is 1. The van der Waals surface area contributed by atoms with Crippen LogP contribution < -0.4 is 10.6 Å². The molecule has 2 N–H and O–H groups in total. The molecule has 0 heterocycles. The smallest absolute Gasteiger partial charge is 0.230 e. The van der Waals surface area contributed by atoms with E-state index in [0.29, 0.717) is 13.1 Å². The Balaban J connectivity index is 2.22. The second kappa shape index (κ2) is 6.89. The first kappa shape index (κ1) is 15.0. The first-order valence-electron chi connectivity index (χ1n) is 7.72. The summed E-state index contributed by atoms with van der Waals surface area (Å²) in [6, 6.07) is 6.26. The lowest BCUT2D eigenvalue weighted by Gasteiger charge is -2.30. The van der Waals surface area contributed by atoms with Crippen LogP contribution in [0.4, 0.5) is 5.69 Å². The highest BCUT2D eigenvalue weighted by Gasteiger charge is 2.27. The van der Waals surface area contributed by atoms with Crippen molar-refractivity contribution >= 4 is 11.6 Å². The van der Waals surface area contributed by atoms with E-state index in [-0.39, 0.29) is 11.8 Å². The summed E-state index contributed by atoms with van der Waals surface area (Å²) in [6.45, 7) is 5.26. The molecule has 0 atom stereocenters. The average molecular weight is 274 g/mol. The van der Waals surface area contributed by atoms with Crippen LogP contribution in [0.1, 0.15) is 43.2 Å². The zero-order valence-corrected chi connectivity index (χ0v) is 12.7. The molecule has 1 aromatic carbocycles. The molecule has 0 bridgehead atoms. The third-order valence-electron chi connectivity index (χ3n) is 4.22. The van der Waals surface area contributed by atoms with Crippen LogP contribution in [0, 0.1) is 19.8 Å². The predicted octanol–water partition coefficient (Wildman–Crippen LogP) is 3.18. The number of hydrogen-bond acceptors (Lipinski definition) is 2. The summed E-state index contributed by atoms with van der Waals surface area (Å²) in [7, 11) is 0. The van der Waals surface area contributed by atoms with Crippen LogP contribution in [0.5, 0.6) is 0 Å². The van der Waals surface area contributed by atoms with Crippen LogP contribution >= 0.6 is 0 Å². The topological polar surface area (TPSA) is 46.3 Å². The molecule has 0 aromatic heterocycles. The van der Waals surface area contributed by atoms with Gasteiger partial charge < -0.3 is 10.6 Å². The van der Waals surface area contributed by atoms with Gasteiger partial charge in [0, 0.05) is 24.7 Å². The average Bonchev–Trinajstić information content (AvgIpc) is 2.46. The SMILES string of the molecule is Cc1ccc(N(CCN)C(=O)C2CCCCC2)c(C)c1. The minimum absolute atomic E-state index is 0.191. The number of carbonyl (C=O) groups is 1. The standard InChI is InChI=1S/C17H26N2O/c1-13-8-9-16(14(2)12-13)19(11-10-18)17(20)15-6-4-3-5-7-15/h8-9,12,15H,3-7,10-11,18H2,1-2H3. The van der Waals surface area contributed by atoms with Crippen LogP contribution in [0.3, 0.4) is 0 Å². The Morgan fingerprint density at radius 1 is 1.25 bits per heavy atom. The normalized spacial score (nSPS) is 16.1. The Kier molecular flexibility index (Phi) is 5.18. The summed E-state index contributed by atoms with van der Waals surface area (Å²) < 4.78 is 0. The minimum Gasteiger partial charge on any atom is -0.329 e. The molecule has 1 aliphatic carbocycles. The van der Waals surface area contributed by atoms with Crippen molar-refractivity contribution in [3.05, 3.63) is 29.3 Å². The fourth-order valence-corrected chi connectivity index (χ4v) is 3.16. The molecule has 0 spiro atoms. The van der Waals surface area contributed by atoms with E-state index in [1.54, 1.807) is 0 Å². The number of anilines is 1. The molecule has 110 valence electrons. The van der Waals surface area contributed by atoms with Crippen molar-refractivity contribution in [1.82, 2.24) is 0 Å². The summed E-state index contributed by atoms with van der Waals surface area (Å²) in [5, 5.41) is 0. The largest absolute Gasteiger partial charge is 0.329 e. The van der Waals surface area contributed by atoms with Crippen LogP contribution in [-0.2, 0) is 4.79 Å². The molecular formula is C17H26N2O. The van der Waals surface area contributed by atoms with Crippen molar-refractivity contribution in [1.29, 1.82) is 0 Å². The molecule has 0 saturated heterocycles. The van der Waals surface area contributed by atoms with Gasteiger partial charge in [-0.05, 0) is 38.3 Å². The summed E-state index contributed by atoms with van der Waals surface area (Å²) >= 11 is 0. The fraction of sp³-hybridized carbons (Fsp3) is 0.588. The van der Waals surface area contributed by atoms with E-state index in [4.69, 9.17) is 5.73 Å². The van der Waals surface area contributed by atoms with Gasteiger partial charge in [-0.2, -0.15) is 0 Å². The fourth-order valence-electron chi connectivity index (χ4n) is 3.16. The van der Waals surface area contributed by atoms with E-state index in [0.717, 1.165) is 24.1 Å². The van der Waals surface area contributed by atoms with E-state index in [1.807, 2.05) is 4.90 Å². The second-order valence-corrected chi connectivity index (χ2v) is 5.90. The monoisotopic (exact) mass is 274 g/mol. The van der Waals surface area contributed by atoms with Gasteiger partial charge in [0.25, 0.3) is 0 Å². The van der Waals surface area contributed by atoms with Gasteiger partial charge in [0.05, 0.1) is 0 Å². The van der Waals surface area contributed by atoms with E-state index in [2.05, 4.69) is 32.0 Å². The highest BCUT2D eigenvalue weighted by atomic mass is 16.2. The lowest BCUT2D eigenvalue weighted by Crippen LogP contribution is -2.40. The van der Waals surface area contributed by atoms with Crippen LogP contribution in [0.25, 0.3) is 0 Å². The van der Waals surface area contributed by atoms with Gasteiger partial charge >= 0.3 is 0 Å². The molecule has 1 saturated carbocycles. The lowest BCUT2D eigenvalue weighted by molar-refractivity contribution is -0.123. The van der Waals surface area contributed by atoms with Crippen LogP contribution in [0.15, 0.2) is 18.2 Å². The molecule has 0 unspecified atom stereocenters. The second-order valence-electron chi connectivity index (χ2n) is 5.90. The van der Waals surface area contributed by atoms with Crippen molar-refractivity contribution in [3.63, 3.8) is 0 Å². The third-order valence-corrected chi connectivity index (χ3v) is 4.22. The highest BCUT2D eigenvalue weighted by molar-refractivity contribution is 5.95. The maximum atomic E-state index is 12.8. The van der Waals surface area contributed by atoms with Gasteiger partial charge in [0.2, 0.25) is 5.91 Å². The van der Waals surface area contributed by atoms with Gasteiger partial charge in [-0.15, -0.1) is 0 Å². The van der Waals surface area contributed by atoms with Crippen molar-refractivity contribution in [2.24, 2.45) is 11.7 Å². The van der Waals surface area contributed by atoms with Crippen molar-refractivity contribution in [2.75, 3.05) is 18.0 Å². The molecule has 3 heteroatoms. The molecular weight excluding hydrogens is 248 g/mol. The Morgan fingerprint density at radius 2 is 1.95 bits per heavy atom. The highest BCUT2D eigenvalue weighted by Crippen LogP contribution is 2.29. The maximum Gasteiger partial charge on any atom is 0.230 e. The number of amides is 1. The summed E-state index contributed by atoms with van der Waals surface area (Å²) in [5.41, 5.74) is 9.13. The van der Waals surface area contributed by atoms with Crippen LogP contribution in [-0.4, -0.2) is 19.0 Å². The zero-order chi connectivity index (χ0) is 14.5. The third kappa shape index (κ3) is 3.40. The number of rotatable bonds is 4. The number of nitrogens with zero attached hydrogens (tertiary/aromatic N) is 1. The Bertz CT molecular complexity index is 464. The molecule has 1 fully saturated rings. The number of nitrogens with two attached hydrogens (primary N) is 1. The molecule has 20 heavy (non-hydrogen) atoms. The number of hydrogen-bond donors (Lipinski definition) is 1. The zero-order valence-electron chi connectivity index (χ0n) is 12.7. The predicted molar refractivity (Wildman–Crippen MR) is 83.9 cm³/mol. The number of aryl methyl sites for hydroxylation is 2. The lowest BCUT2D eigenvalue weighted by atomic mass is 9.88. The Hall–Kier alpha value is -1.35. The van der Waals surface area contributed by atoms with Crippen molar-refractivity contribution in [3.8, 4) is 0 Å². The van der Waals surface area contributed by atoms with Gasteiger partial charge in [-0.1, -0.05) is 37.0 Å². The molecule has 2 rings (SSSR count). The van der Waals surface area contributed by atoms with Gasteiger partial charge in [0.1, 0.15) is 0 Å². The summed E-state index contributed by atoms with van der Waals surface area (Å²) in [6.07, 6.45) is 5.69. The van der Waals surface area contributed by atoms with E-state index >= 15 is 0 Å². The van der Waals surface area contributed by atoms with E-state index in [9.17, 15) is 4.79 Å². The van der Waals surface area contributed by atoms with E-state index < -0.39 is 0 Å². The Morgan fingerprint density at radius 3 is 2.55 bits per heavy atom. The molecule has 0 radical (unpaired) electrons. The van der Waals surface area contributed by atoms with Crippen molar-refractivity contribution < 1.29 is 4.79 Å². The minimum atomic E-state index is 0.191. The molecule has 1 amide bonds. The Labute approximate surface area is 122 Å². The summed E-state index contributed by atoms with van der Waals surface area (Å²) in [4.78, 5) is 14.7. The van der Waals surface area contributed by atoms with Crippen LogP contribution in [0.2, 0.25) is 0 Å². The summed E-state index contributed by atoms with van der Waals surface area (Å²) in [5.74, 6) is 0.457. The molecule has 0 aliphatic heterocycles. The van der Waals surface area contributed by atoms with Gasteiger partial charge in [-0.3, -0.25) is 4.79 Å². The van der Waals surface area contributed by atoms with Gasteiger partial charge in [-0.25, -0.2) is 0 Å². The first-order chi connectivity index (χ1) is 9.63. The molecule has 3 nitrogen and oxygen atoms in total.